The Labute approximate surface area is 159 Å². The predicted molar refractivity (Wildman–Crippen MR) is 97.3 cm³/mol. The molecule has 2 heterocycles. The molecule has 0 aromatic heterocycles. The summed E-state index contributed by atoms with van der Waals surface area (Å²) in [6.07, 6.45) is 1.13. The number of hydrogen-bond donors (Lipinski definition) is 0. The number of nitrogens with zero attached hydrogens (tertiary/aromatic N) is 2. The van der Waals surface area contributed by atoms with Gasteiger partial charge in [0.1, 0.15) is 5.78 Å². The van der Waals surface area contributed by atoms with Crippen molar-refractivity contribution in [3.8, 4) is 11.5 Å². The van der Waals surface area contributed by atoms with Crippen molar-refractivity contribution in [2.45, 2.75) is 31.1 Å². The van der Waals surface area contributed by atoms with Crippen LogP contribution in [0.1, 0.15) is 26.2 Å². The maximum absolute atomic E-state index is 12.9. The van der Waals surface area contributed by atoms with Crippen molar-refractivity contribution in [1.82, 2.24) is 9.21 Å². The Balaban J connectivity index is 1.66. The van der Waals surface area contributed by atoms with Gasteiger partial charge in [0.25, 0.3) is 0 Å². The molecule has 1 amide bonds. The first-order valence-electron chi connectivity index (χ1n) is 9.05. The molecule has 2 aliphatic heterocycles. The molecule has 0 aliphatic carbocycles. The second kappa shape index (κ2) is 8.26. The Morgan fingerprint density at radius 1 is 1.00 bits per heavy atom. The molecule has 1 saturated heterocycles. The standard InChI is InChI=1S/C18H24N2O6S/c1-14(21)3-6-18(22)19-7-9-20(10-8-19)27(23,24)15-4-5-16-17(13-15)26-12-2-11-25-16/h4-5,13H,2-3,6-12H2,1H3. The maximum Gasteiger partial charge on any atom is 0.243 e. The molecule has 0 radical (unpaired) electrons. The number of carbonyl (C=O) groups is 2. The third-order valence-corrected chi connectivity index (χ3v) is 6.53. The van der Waals surface area contributed by atoms with Gasteiger partial charge in [-0.2, -0.15) is 4.31 Å². The molecule has 0 unspecified atom stereocenters. The minimum atomic E-state index is -3.68. The number of ketones is 1. The normalized spacial score (nSPS) is 18.0. The smallest absolute Gasteiger partial charge is 0.243 e. The first-order chi connectivity index (χ1) is 12.9. The van der Waals surface area contributed by atoms with E-state index in [1.807, 2.05) is 0 Å². The number of Topliss-reactive ketones (excluding diaryl/α,β-unsaturated/α-hetero) is 1. The van der Waals surface area contributed by atoms with Crippen LogP contribution in [0, 0.1) is 0 Å². The van der Waals surface area contributed by atoms with E-state index in [-0.39, 0.29) is 42.5 Å². The van der Waals surface area contributed by atoms with Crippen LogP contribution in [-0.4, -0.2) is 68.7 Å². The van der Waals surface area contributed by atoms with Crippen molar-refractivity contribution in [3.05, 3.63) is 18.2 Å². The number of ether oxygens (including phenoxy) is 2. The summed E-state index contributed by atoms with van der Waals surface area (Å²) >= 11 is 0. The number of carbonyl (C=O) groups excluding carboxylic acids is 2. The molecule has 3 rings (SSSR count). The average molecular weight is 396 g/mol. The van der Waals surface area contributed by atoms with Gasteiger partial charge in [-0.1, -0.05) is 0 Å². The van der Waals surface area contributed by atoms with Crippen LogP contribution in [0.4, 0.5) is 0 Å². The molecule has 2 aliphatic rings. The third-order valence-electron chi connectivity index (χ3n) is 4.64. The van der Waals surface area contributed by atoms with Gasteiger partial charge in [-0.05, 0) is 19.1 Å². The lowest BCUT2D eigenvalue weighted by Gasteiger charge is -2.34. The molecule has 1 fully saturated rings. The lowest BCUT2D eigenvalue weighted by molar-refractivity contribution is -0.134. The lowest BCUT2D eigenvalue weighted by Crippen LogP contribution is -2.50. The van der Waals surface area contributed by atoms with E-state index >= 15 is 0 Å². The van der Waals surface area contributed by atoms with E-state index in [1.54, 1.807) is 11.0 Å². The Hall–Kier alpha value is -2.13. The zero-order chi connectivity index (χ0) is 19.4. The van der Waals surface area contributed by atoms with Crippen LogP contribution in [0.5, 0.6) is 11.5 Å². The molecule has 0 atom stereocenters. The van der Waals surface area contributed by atoms with Crippen molar-refractivity contribution in [2.24, 2.45) is 0 Å². The van der Waals surface area contributed by atoms with Crippen LogP contribution in [0.25, 0.3) is 0 Å². The van der Waals surface area contributed by atoms with Gasteiger partial charge in [0, 0.05) is 51.5 Å². The van der Waals surface area contributed by atoms with E-state index in [0.29, 0.717) is 37.8 Å². The second-order valence-corrected chi connectivity index (χ2v) is 8.58. The van der Waals surface area contributed by atoms with Gasteiger partial charge < -0.3 is 19.2 Å². The number of amides is 1. The Morgan fingerprint density at radius 2 is 1.67 bits per heavy atom. The van der Waals surface area contributed by atoms with E-state index in [1.165, 1.54) is 23.4 Å². The number of hydrogen-bond acceptors (Lipinski definition) is 6. The van der Waals surface area contributed by atoms with Gasteiger partial charge in [-0.3, -0.25) is 4.79 Å². The van der Waals surface area contributed by atoms with Crippen molar-refractivity contribution in [3.63, 3.8) is 0 Å². The highest BCUT2D eigenvalue weighted by molar-refractivity contribution is 7.89. The number of sulfonamides is 1. The first-order valence-corrected chi connectivity index (χ1v) is 10.5. The first kappa shape index (κ1) is 19.6. The Bertz CT molecular complexity index is 815. The molecule has 0 saturated carbocycles. The molecule has 0 N–H and O–H groups in total. The van der Waals surface area contributed by atoms with Crippen LogP contribution in [0.3, 0.4) is 0 Å². The van der Waals surface area contributed by atoms with Crippen LogP contribution in [-0.2, 0) is 19.6 Å². The summed E-state index contributed by atoms with van der Waals surface area (Å²) < 4.78 is 38.4. The van der Waals surface area contributed by atoms with E-state index in [9.17, 15) is 18.0 Å². The van der Waals surface area contributed by atoms with Gasteiger partial charge in [0.2, 0.25) is 15.9 Å². The molecule has 0 bridgehead atoms. The topological polar surface area (TPSA) is 93.2 Å². The summed E-state index contributed by atoms with van der Waals surface area (Å²) in [7, 11) is -3.68. The van der Waals surface area contributed by atoms with Crippen LogP contribution in [0.2, 0.25) is 0 Å². The van der Waals surface area contributed by atoms with E-state index in [0.717, 1.165) is 6.42 Å². The summed E-state index contributed by atoms with van der Waals surface area (Å²) in [4.78, 5) is 24.9. The molecule has 9 heteroatoms. The van der Waals surface area contributed by atoms with Crippen LogP contribution in [0.15, 0.2) is 23.1 Å². The largest absolute Gasteiger partial charge is 0.490 e. The predicted octanol–water partition coefficient (Wildman–Crippen LogP) is 1.05. The summed E-state index contributed by atoms with van der Waals surface area (Å²) in [6, 6.07) is 4.64. The highest BCUT2D eigenvalue weighted by Gasteiger charge is 2.31. The Kier molecular flexibility index (Phi) is 6.01. The highest BCUT2D eigenvalue weighted by atomic mass is 32.2. The Morgan fingerprint density at radius 3 is 2.33 bits per heavy atom. The van der Waals surface area contributed by atoms with E-state index < -0.39 is 10.0 Å². The minimum Gasteiger partial charge on any atom is -0.490 e. The number of benzene rings is 1. The second-order valence-electron chi connectivity index (χ2n) is 6.65. The van der Waals surface area contributed by atoms with Gasteiger partial charge >= 0.3 is 0 Å². The zero-order valence-corrected chi connectivity index (χ0v) is 16.2. The molecular formula is C18H24N2O6S. The van der Waals surface area contributed by atoms with Crippen molar-refractivity contribution >= 4 is 21.7 Å². The summed E-state index contributed by atoms with van der Waals surface area (Å²) in [5.74, 6) is 0.843. The molecule has 148 valence electrons. The fourth-order valence-corrected chi connectivity index (χ4v) is 4.51. The third kappa shape index (κ3) is 4.59. The molecule has 0 spiro atoms. The van der Waals surface area contributed by atoms with Gasteiger partial charge in [0.05, 0.1) is 18.1 Å². The fraction of sp³-hybridized carbons (Fsp3) is 0.556. The van der Waals surface area contributed by atoms with Crippen molar-refractivity contribution in [2.75, 3.05) is 39.4 Å². The van der Waals surface area contributed by atoms with E-state index in [4.69, 9.17) is 9.47 Å². The number of rotatable bonds is 5. The maximum atomic E-state index is 12.9. The van der Waals surface area contributed by atoms with Crippen molar-refractivity contribution in [1.29, 1.82) is 0 Å². The summed E-state index contributed by atoms with van der Waals surface area (Å²) in [6.45, 7) is 3.57. The molecule has 1 aromatic rings. The fourth-order valence-electron chi connectivity index (χ4n) is 3.07. The zero-order valence-electron chi connectivity index (χ0n) is 15.3. The molecule has 8 nitrogen and oxygen atoms in total. The minimum absolute atomic E-state index is 0.0287. The highest BCUT2D eigenvalue weighted by Crippen LogP contribution is 2.33. The quantitative estimate of drug-likeness (QED) is 0.739. The number of piperazine rings is 1. The summed E-state index contributed by atoms with van der Waals surface area (Å²) in [5, 5.41) is 0. The van der Waals surface area contributed by atoms with Gasteiger partial charge in [-0.25, -0.2) is 8.42 Å². The van der Waals surface area contributed by atoms with Gasteiger partial charge in [0.15, 0.2) is 11.5 Å². The lowest BCUT2D eigenvalue weighted by atomic mass is 10.2. The monoisotopic (exact) mass is 396 g/mol. The van der Waals surface area contributed by atoms with Gasteiger partial charge in [-0.15, -0.1) is 0 Å². The molecule has 27 heavy (non-hydrogen) atoms. The SMILES string of the molecule is CC(=O)CCC(=O)N1CCN(S(=O)(=O)c2ccc3c(c2)OCCCO3)CC1. The molecule has 1 aromatic carbocycles. The van der Waals surface area contributed by atoms with Crippen LogP contribution >= 0.6 is 0 Å². The van der Waals surface area contributed by atoms with Crippen molar-refractivity contribution < 1.29 is 27.5 Å². The number of fused-ring (bicyclic) bond motifs is 1. The average Bonchev–Trinajstić information content (AvgIpc) is 2.91. The van der Waals surface area contributed by atoms with E-state index in [2.05, 4.69) is 0 Å². The summed E-state index contributed by atoms with van der Waals surface area (Å²) in [5.41, 5.74) is 0. The van der Waals surface area contributed by atoms with Crippen LogP contribution < -0.4 is 9.47 Å². The molecular weight excluding hydrogens is 372 g/mol.